The van der Waals surface area contributed by atoms with E-state index in [0.717, 1.165) is 23.9 Å². The normalized spacial score (nSPS) is 26.8. The number of rotatable bonds is 6. The van der Waals surface area contributed by atoms with Gasteiger partial charge in [-0.05, 0) is 37.3 Å². The predicted octanol–water partition coefficient (Wildman–Crippen LogP) is 2.61. The van der Waals surface area contributed by atoms with Gasteiger partial charge in [0.1, 0.15) is 11.5 Å². The van der Waals surface area contributed by atoms with E-state index >= 15 is 0 Å². The Bertz CT molecular complexity index is 361. The number of hydrogen-bond acceptors (Lipinski definition) is 3. The summed E-state index contributed by atoms with van der Waals surface area (Å²) in [6, 6.07) is 4.18. The zero-order chi connectivity index (χ0) is 12.4. The molecule has 3 heteroatoms. The highest BCUT2D eigenvalue weighted by Gasteiger charge is 2.37. The second-order valence-electron chi connectivity index (χ2n) is 5.25. The van der Waals surface area contributed by atoms with Crippen molar-refractivity contribution in [2.24, 2.45) is 11.7 Å². The molecule has 0 saturated heterocycles. The molecule has 1 aliphatic carbocycles. The lowest BCUT2D eigenvalue weighted by Gasteiger charge is -2.19. The fourth-order valence-electron chi connectivity index (χ4n) is 2.48. The summed E-state index contributed by atoms with van der Waals surface area (Å²) < 4.78 is 5.92. The number of hydrogen-bond donors (Lipinski definition) is 2. The van der Waals surface area contributed by atoms with Gasteiger partial charge in [0.2, 0.25) is 0 Å². The fraction of sp³-hybridized carbons (Fsp3) is 0.714. The lowest BCUT2D eigenvalue weighted by molar-refractivity contribution is 0.253. The van der Waals surface area contributed by atoms with Gasteiger partial charge < -0.3 is 15.3 Å². The van der Waals surface area contributed by atoms with Gasteiger partial charge in [0, 0.05) is 24.5 Å². The summed E-state index contributed by atoms with van der Waals surface area (Å²) >= 11 is 0. The van der Waals surface area contributed by atoms with Crippen LogP contribution >= 0.6 is 0 Å². The van der Waals surface area contributed by atoms with Crippen LogP contribution in [-0.4, -0.2) is 17.8 Å². The van der Waals surface area contributed by atoms with E-state index in [2.05, 4.69) is 19.9 Å². The van der Waals surface area contributed by atoms with Crippen LogP contribution in [0.25, 0.3) is 0 Å². The average molecular weight is 237 g/mol. The van der Waals surface area contributed by atoms with Crippen LogP contribution in [0.3, 0.4) is 0 Å². The van der Waals surface area contributed by atoms with Crippen LogP contribution in [0.1, 0.15) is 56.5 Å². The highest BCUT2D eigenvalue weighted by atomic mass is 16.3. The van der Waals surface area contributed by atoms with Gasteiger partial charge in [-0.25, -0.2) is 0 Å². The molecule has 1 aromatic rings. The molecule has 4 atom stereocenters. The predicted molar refractivity (Wildman–Crippen MR) is 67.9 cm³/mol. The fourth-order valence-corrected chi connectivity index (χ4v) is 2.48. The first-order valence-electron chi connectivity index (χ1n) is 6.63. The molecule has 0 aliphatic heterocycles. The van der Waals surface area contributed by atoms with Crippen LogP contribution in [-0.2, 0) is 0 Å². The molecule has 17 heavy (non-hydrogen) atoms. The summed E-state index contributed by atoms with van der Waals surface area (Å²) in [6.07, 6.45) is 2.82. The van der Waals surface area contributed by atoms with E-state index in [1.165, 1.54) is 6.42 Å². The van der Waals surface area contributed by atoms with Gasteiger partial charge in [0.25, 0.3) is 0 Å². The van der Waals surface area contributed by atoms with Crippen molar-refractivity contribution in [2.75, 3.05) is 6.61 Å². The van der Waals surface area contributed by atoms with Crippen molar-refractivity contribution < 1.29 is 9.52 Å². The molecular weight excluding hydrogens is 214 g/mol. The van der Waals surface area contributed by atoms with E-state index in [4.69, 9.17) is 15.3 Å². The van der Waals surface area contributed by atoms with Gasteiger partial charge >= 0.3 is 0 Å². The molecule has 1 aliphatic rings. The molecule has 1 heterocycles. The molecule has 1 aromatic heterocycles. The molecule has 2 rings (SSSR count). The molecule has 1 saturated carbocycles. The first kappa shape index (κ1) is 12.7. The van der Waals surface area contributed by atoms with E-state index in [1.807, 2.05) is 6.07 Å². The Morgan fingerprint density at radius 2 is 2.24 bits per heavy atom. The number of aliphatic hydroxyl groups is 1. The van der Waals surface area contributed by atoms with Crippen molar-refractivity contribution in [3.63, 3.8) is 0 Å². The minimum absolute atomic E-state index is 0.0674. The van der Waals surface area contributed by atoms with E-state index in [1.54, 1.807) is 0 Å². The lowest BCUT2D eigenvalue weighted by Crippen LogP contribution is -2.28. The average Bonchev–Trinajstić information content (AvgIpc) is 2.88. The molecule has 3 nitrogen and oxygen atoms in total. The third kappa shape index (κ3) is 2.72. The van der Waals surface area contributed by atoms with Gasteiger partial charge in [-0.15, -0.1) is 0 Å². The second-order valence-corrected chi connectivity index (χ2v) is 5.25. The van der Waals surface area contributed by atoms with Crippen LogP contribution < -0.4 is 5.73 Å². The monoisotopic (exact) mass is 237 g/mol. The Hall–Kier alpha value is -0.800. The second kappa shape index (κ2) is 5.23. The van der Waals surface area contributed by atoms with Crippen molar-refractivity contribution in [3.05, 3.63) is 23.7 Å². The molecule has 0 aromatic carbocycles. The maximum atomic E-state index is 9.12. The maximum Gasteiger partial charge on any atom is 0.108 e. The van der Waals surface area contributed by atoms with Gasteiger partial charge in [0.15, 0.2) is 0 Å². The van der Waals surface area contributed by atoms with Crippen LogP contribution in [0.15, 0.2) is 16.5 Å². The quantitative estimate of drug-likeness (QED) is 0.799. The Kier molecular flexibility index (Phi) is 3.89. The summed E-state index contributed by atoms with van der Waals surface area (Å²) in [6.45, 7) is 4.48. The number of nitrogens with two attached hydrogens (primary N) is 1. The standard InChI is InChI=1S/C14H23NO2/c1-3-12(15)10(6-7-16)13-4-5-14(17-13)11-8-9(11)2/h4-5,9-12,16H,3,6-8,15H2,1-2H3. The van der Waals surface area contributed by atoms with Gasteiger partial charge in [0.05, 0.1) is 0 Å². The molecule has 0 amide bonds. The summed E-state index contributed by atoms with van der Waals surface area (Å²) in [7, 11) is 0. The van der Waals surface area contributed by atoms with Crippen LogP contribution in [0.2, 0.25) is 0 Å². The molecule has 4 unspecified atom stereocenters. The Morgan fingerprint density at radius 3 is 2.76 bits per heavy atom. The first-order valence-corrected chi connectivity index (χ1v) is 6.63. The Labute approximate surface area is 103 Å². The Morgan fingerprint density at radius 1 is 1.53 bits per heavy atom. The highest BCUT2D eigenvalue weighted by molar-refractivity contribution is 5.20. The van der Waals surface area contributed by atoms with E-state index in [0.29, 0.717) is 12.3 Å². The zero-order valence-corrected chi connectivity index (χ0v) is 10.7. The summed E-state index contributed by atoms with van der Waals surface area (Å²) in [5, 5.41) is 9.12. The van der Waals surface area contributed by atoms with E-state index < -0.39 is 0 Å². The van der Waals surface area contributed by atoms with Crippen molar-refractivity contribution in [1.82, 2.24) is 0 Å². The molecule has 1 fully saturated rings. The molecule has 96 valence electrons. The first-order chi connectivity index (χ1) is 8.17. The van der Waals surface area contributed by atoms with Gasteiger partial charge in [-0.3, -0.25) is 0 Å². The molecule has 0 radical (unpaired) electrons. The number of aliphatic hydroxyl groups excluding tert-OH is 1. The SMILES string of the molecule is CCC(N)C(CCO)c1ccc(C2CC2C)o1. The third-order valence-electron chi connectivity index (χ3n) is 3.92. The summed E-state index contributed by atoms with van der Waals surface area (Å²) in [4.78, 5) is 0. The molecule has 0 bridgehead atoms. The van der Waals surface area contributed by atoms with Crippen LogP contribution in [0.4, 0.5) is 0 Å². The number of furan rings is 1. The third-order valence-corrected chi connectivity index (χ3v) is 3.92. The summed E-state index contributed by atoms with van der Waals surface area (Å²) in [5.74, 6) is 3.55. The minimum atomic E-state index is 0.0674. The van der Waals surface area contributed by atoms with Gasteiger partial charge in [-0.2, -0.15) is 0 Å². The minimum Gasteiger partial charge on any atom is -0.465 e. The maximum absolute atomic E-state index is 9.12. The van der Waals surface area contributed by atoms with Gasteiger partial charge in [-0.1, -0.05) is 13.8 Å². The Balaban J connectivity index is 2.09. The van der Waals surface area contributed by atoms with Crippen molar-refractivity contribution in [2.45, 2.75) is 51.0 Å². The smallest absolute Gasteiger partial charge is 0.108 e. The van der Waals surface area contributed by atoms with Crippen LogP contribution in [0, 0.1) is 5.92 Å². The zero-order valence-electron chi connectivity index (χ0n) is 10.7. The molecular formula is C14H23NO2. The summed E-state index contributed by atoms with van der Waals surface area (Å²) in [5.41, 5.74) is 6.09. The van der Waals surface area contributed by atoms with Crippen LogP contribution in [0.5, 0.6) is 0 Å². The van der Waals surface area contributed by atoms with E-state index in [-0.39, 0.29) is 18.6 Å². The lowest BCUT2D eigenvalue weighted by atomic mass is 9.93. The molecule has 0 spiro atoms. The van der Waals surface area contributed by atoms with Crippen molar-refractivity contribution in [3.8, 4) is 0 Å². The van der Waals surface area contributed by atoms with Crippen molar-refractivity contribution >= 4 is 0 Å². The van der Waals surface area contributed by atoms with Crippen molar-refractivity contribution in [1.29, 1.82) is 0 Å². The van der Waals surface area contributed by atoms with E-state index in [9.17, 15) is 0 Å². The topological polar surface area (TPSA) is 59.4 Å². The molecule has 3 N–H and O–H groups in total. The largest absolute Gasteiger partial charge is 0.465 e. The highest BCUT2D eigenvalue weighted by Crippen LogP contribution is 2.47.